The van der Waals surface area contributed by atoms with Crippen molar-refractivity contribution in [1.82, 2.24) is 15.2 Å². The fourth-order valence-corrected chi connectivity index (χ4v) is 4.43. The van der Waals surface area contributed by atoms with Crippen molar-refractivity contribution < 1.29 is 9.59 Å². The number of H-pyrrole nitrogens is 1. The maximum Gasteiger partial charge on any atom is 0.256 e. The molecule has 2 amide bonds. The Bertz CT molecular complexity index is 1320. The first-order valence-electron chi connectivity index (χ1n) is 11.8. The summed E-state index contributed by atoms with van der Waals surface area (Å²) in [5.74, 6) is -0.361. The third-order valence-corrected chi connectivity index (χ3v) is 6.35. The van der Waals surface area contributed by atoms with Crippen LogP contribution in [0.15, 0.2) is 48.5 Å². The molecular weight excluding hydrogens is 438 g/mol. The quantitative estimate of drug-likeness (QED) is 0.427. The van der Waals surface area contributed by atoms with Crippen molar-refractivity contribution in [2.45, 2.75) is 20.8 Å². The molecule has 178 valence electrons. The lowest BCUT2D eigenvalue weighted by molar-refractivity contribution is -0.110. The molecule has 0 radical (unpaired) electrons. The van der Waals surface area contributed by atoms with Gasteiger partial charge in [0, 0.05) is 41.3 Å². The van der Waals surface area contributed by atoms with Crippen LogP contribution in [-0.4, -0.2) is 47.9 Å². The first kappa shape index (κ1) is 24.0. The predicted octanol–water partition coefficient (Wildman–Crippen LogP) is 4.43. The van der Waals surface area contributed by atoms with E-state index in [0.29, 0.717) is 40.2 Å². The van der Waals surface area contributed by atoms with E-state index in [-0.39, 0.29) is 11.8 Å². The zero-order chi connectivity index (χ0) is 24.9. The fourth-order valence-electron chi connectivity index (χ4n) is 4.43. The highest BCUT2D eigenvalue weighted by Crippen LogP contribution is 2.37. The average molecular weight is 468 g/mol. The predicted molar refractivity (Wildman–Crippen MR) is 139 cm³/mol. The number of hydrogen-bond donors (Lipinski definition) is 3. The highest BCUT2D eigenvalue weighted by Gasteiger charge is 2.26. The van der Waals surface area contributed by atoms with Gasteiger partial charge in [-0.2, -0.15) is 5.26 Å². The average Bonchev–Trinajstić information content (AvgIpc) is 3.37. The van der Waals surface area contributed by atoms with Gasteiger partial charge >= 0.3 is 0 Å². The van der Waals surface area contributed by atoms with Crippen LogP contribution in [-0.2, 0) is 4.79 Å². The molecule has 1 aromatic heterocycles. The van der Waals surface area contributed by atoms with Gasteiger partial charge in [0.05, 0.1) is 22.8 Å². The number of rotatable bonds is 8. The minimum Gasteiger partial charge on any atom is -0.358 e. The molecule has 4 rings (SSSR count). The summed E-state index contributed by atoms with van der Waals surface area (Å²) in [7, 11) is 0. The second-order valence-corrected chi connectivity index (χ2v) is 8.44. The Hall–Kier alpha value is -4.15. The number of nitrogens with one attached hydrogen (secondary N) is 3. The largest absolute Gasteiger partial charge is 0.358 e. The van der Waals surface area contributed by atoms with Crippen molar-refractivity contribution >= 4 is 29.2 Å². The van der Waals surface area contributed by atoms with Gasteiger partial charge in [0.15, 0.2) is 0 Å². The standard InChI is InChI=1S/C28H29N5O2/c1-4-33(5-2)15-14-30-28(35)25-18(3)31-24(26(25)20-12-10-19(17-29)11-13-20)16-22-21-8-6-7-9-23(21)32-27(22)34/h6-13,16,31H,4-5,14-15H2,1-3H3,(H,30,35)(H,32,34)/b22-16-. The number of nitrogens with zero attached hydrogens (tertiary/aromatic N) is 2. The van der Waals surface area contributed by atoms with Gasteiger partial charge in [-0.05, 0) is 49.9 Å². The summed E-state index contributed by atoms with van der Waals surface area (Å²) in [4.78, 5) is 31.7. The van der Waals surface area contributed by atoms with E-state index >= 15 is 0 Å². The molecule has 2 heterocycles. The van der Waals surface area contributed by atoms with Gasteiger partial charge in [-0.15, -0.1) is 0 Å². The van der Waals surface area contributed by atoms with Gasteiger partial charge in [0.1, 0.15) is 0 Å². The Balaban J connectivity index is 1.77. The Labute approximate surface area is 205 Å². The number of fused-ring (bicyclic) bond motifs is 1. The topological polar surface area (TPSA) is 101 Å². The normalized spacial score (nSPS) is 13.6. The first-order chi connectivity index (χ1) is 17.0. The molecule has 0 saturated carbocycles. The fraction of sp³-hybridized carbons (Fsp3) is 0.250. The van der Waals surface area contributed by atoms with E-state index in [1.165, 1.54) is 0 Å². The number of para-hydroxylation sites is 1. The first-order valence-corrected chi connectivity index (χ1v) is 11.8. The Morgan fingerprint density at radius 1 is 1.11 bits per heavy atom. The lowest BCUT2D eigenvalue weighted by Gasteiger charge is -2.18. The molecule has 0 unspecified atom stereocenters. The number of carbonyl (C=O) groups excluding carboxylic acids is 2. The molecule has 1 aliphatic rings. The van der Waals surface area contributed by atoms with E-state index in [1.54, 1.807) is 18.2 Å². The summed E-state index contributed by atoms with van der Waals surface area (Å²) >= 11 is 0. The third kappa shape index (κ3) is 4.88. The summed E-state index contributed by atoms with van der Waals surface area (Å²) in [6.07, 6.45) is 1.80. The summed E-state index contributed by atoms with van der Waals surface area (Å²) in [5.41, 5.74) is 6.07. The van der Waals surface area contributed by atoms with Crippen molar-refractivity contribution in [1.29, 1.82) is 5.26 Å². The number of anilines is 1. The van der Waals surface area contributed by atoms with Gasteiger partial charge in [0.2, 0.25) is 0 Å². The summed E-state index contributed by atoms with van der Waals surface area (Å²) in [5, 5.41) is 15.2. The summed E-state index contributed by atoms with van der Waals surface area (Å²) < 4.78 is 0. The number of aromatic amines is 1. The van der Waals surface area contributed by atoms with Crippen LogP contribution in [0.5, 0.6) is 0 Å². The van der Waals surface area contributed by atoms with Crippen LogP contribution in [0.25, 0.3) is 22.8 Å². The maximum absolute atomic E-state index is 13.4. The summed E-state index contributed by atoms with van der Waals surface area (Å²) in [6.45, 7) is 9.20. The molecular formula is C28H29N5O2. The maximum atomic E-state index is 13.4. The smallest absolute Gasteiger partial charge is 0.256 e. The van der Waals surface area contributed by atoms with Crippen molar-refractivity contribution in [2.24, 2.45) is 0 Å². The van der Waals surface area contributed by atoms with Crippen LogP contribution < -0.4 is 10.6 Å². The van der Waals surface area contributed by atoms with Crippen molar-refractivity contribution in [3.05, 3.63) is 76.6 Å². The lowest BCUT2D eigenvalue weighted by atomic mass is 9.96. The monoisotopic (exact) mass is 467 g/mol. The van der Waals surface area contributed by atoms with E-state index in [4.69, 9.17) is 0 Å². The van der Waals surface area contributed by atoms with Crippen LogP contribution in [0.1, 0.15) is 46.7 Å². The van der Waals surface area contributed by atoms with Crippen LogP contribution in [0.4, 0.5) is 5.69 Å². The third-order valence-electron chi connectivity index (χ3n) is 6.35. The molecule has 3 aromatic rings. The van der Waals surface area contributed by atoms with Crippen molar-refractivity contribution in [2.75, 3.05) is 31.5 Å². The zero-order valence-corrected chi connectivity index (χ0v) is 20.2. The summed E-state index contributed by atoms with van der Waals surface area (Å²) in [6, 6.07) is 16.8. The second-order valence-electron chi connectivity index (χ2n) is 8.44. The molecule has 2 aromatic carbocycles. The minimum absolute atomic E-state index is 0.175. The number of nitriles is 1. The van der Waals surface area contributed by atoms with Crippen molar-refractivity contribution in [3.8, 4) is 17.2 Å². The Kier molecular flexibility index (Phi) is 7.14. The van der Waals surface area contributed by atoms with E-state index in [1.807, 2.05) is 43.3 Å². The van der Waals surface area contributed by atoms with E-state index < -0.39 is 0 Å². The van der Waals surface area contributed by atoms with E-state index in [9.17, 15) is 14.9 Å². The minimum atomic E-state index is -0.186. The molecule has 35 heavy (non-hydrogen) atoms. The molecule has 3 N–H and O–H groups in total. The van der Waals surface area contributed by atoms with Gasteiger partial charge in [-0.25, -0.2) is 0 Å². The molecule has 0 aliphatic carbocycles. The number of carbonyl (C=O) groups is 2. The highest BCUT2D eigenvalue weighted by atomic mass is 16.2. The van der Waals surface area contributed by atoms with Gasteiger partial charge < -0.3 is 20.5 Å². The molecule has 0 atom stereocenters. The van der Waals surface area contributed by atoms with Crippen LogP contribution in [0.3, 0.4) is 0 Å². The number of benzene rings is 2. The van der Waals surface area contributed by atoms with Crippen LogP contribution in [0.2, 0.25) is 0 Å². The number of amides is 2. The molecule has 0 spiro atoms. The number of aromatic nitrogens is 1. The van der Waals surface area contributed by atoms with Gasteiger partial charge in [-0.1, -0.05) is 44.2 Å². The Morgan fingerprint density at radius 3 is 2.51 bits per heavy atom. The van der Waals surface area contributed by atoms with Crippen molar-refractivity contribution in [3.63, 3.8) is 0 Å². The van der Waals surface area contributed by atoms with Gasteiger partial charge in [0.25, 0.3) is 11.8 Å². The lowest BCUT2D eigenvalue weighted by Crippen LogP contribution is -2.35. The highest BCUT2D eigenvalue weighted by molar-refractivity contribution is 6.35. The zero-order valence-electron chi connectivity index (χ0n) is 20.2. The SMILES string of the molecule is CCN(CC)CCNC(=O)c1c(C)[nH]c(/C=C2\C(=O)Nc3ccccc32)c1-c1ccc(C#N)cc1. The molecule has 7 heteroatoms. The number of aryl methyl sites for hydroxylation is 1. The molecule has 1 aliphatic heterocycles. The molecule has 0 bridgehead atoms. The Morgan fingerprint density at radius 2 is 1.83 bits per heavy atom. The van der Waals surface area contributed by atoms with E-state index in [2.05, 4.69) is 40.4 Å². The molecule has 7 nitrogen and oxygen atoms in total. The number of hydrogen-bond acceptors (Lipinski definition) is 4. The van der Waals surface area contributed by atoms with Crippen LogP contribution >= 0.6 is 0 Å². The molecule has 0 fully saturated rings. The second kappa shape index (κ2) is 10.4. The van der Waals surface area contributed by atoms with Gasteiger partial charge in [-0.3, -0.25) is 9.59 Å². The molecule has 0 saturated heterocycles. The van der Waals surface area contributed by atoms with E-state index in [0.717, 1.165) is 36.4 Å². The number of likely N-dealkylation sites (N-methyl/N-ethyl adjacent to an activating group) is 1. The van der Waals surface area contributed by atoms with Crippen LogP contribution in [0, 0.1) is 18.3 Å².